The van der Waals surface area contributed by atoms with Crippen molar-refractivity contribution in [3.8, 4) is 5.75 Å². The van der Waals surface area contributed by atoms with Crippen LogP contribution in [0.2, 0.25) is 0 Å². The van der Waals surface area contributed by atoms with Crippen molar-refractivity contribution in [2.45, 2.75) is 30.5 Å². The highest BCUT2D eigenvalue weighted by Crippen LogP contribution is 2.26. The highest BCUT2D eigenvalue weighted by atomic mass is 32.2. The molecule has 26 heavy (non-hydrogen) atoms. The smallest absolute Gasteiger partial charge is 0.341 e. The number of halogens is 2. The second-order valence-electron chi connectivity index (χ2n) is 5.77. The first-order chi connectivity index (χ1) is 12.2. The van der Waals surface area contributed by atoms with E-state index in [0.29, 0.717) is 5.75 Å². The molecule has 0 bridgehead atoms. The van der Waals surface area contributed by atoms with Gasteiger partial charge in [0.25, 0.3) is 5.91 Å². The van der Waals surface area contributed by atoms with Crippen LogP contribution in [0.15, 0.2) is 47.4 Å². The zero-order chi connectivity index (χ0) is 19.5. The maximum absolute atomic E-state index is 12.5. The van der Waals surface area contributed by atoms with Gasteiger partial charge >= 0.3 is 5.76 Å². The summed E-state index contributed by atoms with van der Waals surface area (Å²) >= 11 is 0. The third-order valence-electron chi connectivity index (χ3n) is 3.88. The van der Waals surface area contributed by atoms with Crippen LogP contribution in [0.4, 0.5) is 8.78 Å². The van der Waals surface area contributed by atoms with Gasteiger partial charge in [-0.05, 0) is 44.2 Å². The Morgan fingerprint density at radius 2 is 1.73 bits per heavy atom. The quantitative estimate of drug-likeness (QED) is 0.829. The molecule has 2 aromatic rings. The van der Waals surface area contributed by atoms with E-state index in [1.54, 1.807) is 13.0 Å². The molecule has 1 amide bonds. The Kier molecular flexibility index (Phi) is 5.97. The van der Waals surface area contributed by atoms with Gasteiger partial charge in [0.1, 0.15) is 5.75 Å². The van der Waals surface area contributed by atoms with Gasteiger partial charge in [-0.15, -0.1) is 0 Å². The van der Waals surface area contributed by atoms with E-state index in [-0.39, 0.29) is 11.6 Å². The van der Waals surface area contributed by atoms with Crippen LogP contribution in [-0.4, -0.2) is 27.2 Å². The number of aryl methyl sites for hydroxylation is 1. The van der Waals surface area contributed by atoms with Gasteiger partial charge in [0.15, 0.2) is 0 Å². The Hall–Kier alpha value is -2.48. The summed E-state index contributed by atoms with van der Waals surface area (Å²) < 4.78 is 53.2. The molecule has 8 heteroatoms. The van der Waals surface area contributed by atoms with Crippen molar-refractivity contribution in [2.24, 2.45) is 0 Å². The third kappa shape index (κ3) is 4.19. The summed E-state index contributed by atoms with van der Waals surface area (Å²) in [4.78, 5) is 11.8. The fourth-order valence-electron chi connectivity index (χ4n) is 2.45. The predicted molar refractivity (Wildman–Crippen MR) is 93.2 cm³/mol. The fourth-order valence-corrected chi connectivity index (χ4v) is 3.17. The monoisotopic (exact) mass is 383 g/mol. The summed E-state index contributed by atoms with van der Waals surface area (Å²) in [5.74, 6) is -3.33. The predicted octanol–water partition coefficient (Wildman–Crippen LogP) is 3.49. The molecule has 2 aromatic carbocycles. The molecule has 0 saturated carbocycles. The van der Waals surface area contributed by atoms with Gasteiger partial charge in [-0.2, -0.15) is 8.78 Å². The van der Waals surface area contributed by atoms with E-state index in [4.69, 9.17) is 4.74 Å². The highest BCUT2D eigenvalue weighted by Gasteiger charge is 2.26. The average molecular weight is 383 g/mol. The van der Waals surface area contributed by atoms with Crippen LogP contribution >= 0.6 is 0 Å². The number of carbonyl (C=O) groups excluding carboxylic acids is 1. The van der Waals surface area contributed by atoms with Crippen molar-refractivity contribution in [2.75, 3.05) is 7.11 Å². The third-order valence-corrected chi connectivity index (χ3v) is 5.28. The normalized spacial score (nSPS) is 12.7. The number of hydrogen-bond donors (Lipinski definition) is 1. The Morgan fingerprint density at radius 3 is 2.27 bits per heavy atom. The van der Waals surface area contributed by atoms with Crippen molar-refractivity contribution >= 4 is 15.7 Å². The largest absolute Gasteiger partial charge is 0.496 e. The van der Waals surface area contributed by atoms with Crippen LogP contribution < -0.4 is 10.1 Å². The minimum absolute atomic E-state index is 0.164. The molecule has 0 aliphatic heterocycles. The van der Waals surface area contributed by atoms with Crippen LogP contribution in [0, 0.1) is 6.92 Å². The molecule has 140 valence electrons. The van der Waals surface area contributed by atoms with Crippen LogP contribution in [0.3, 0.4) is 0 Å². The topological polar surface area (TPSA) is 72.5 Å². The van der Waals surface area contributed by atoms with Gasteiger partial charge in [0.05, 0.1) is 18.0 Å². The van der Waals surface area contributed by atoms with Crippen molar-refractivity contribution in [1.82, 2.24) is 5.32 Å². The lowest BCUT2D eigenvalue weighted by molar-refractivity contribution is 0.0939. The maximum atomic E-state index is 12.5. The molecular weight excluding hydrogens is 364 g/mol. The molecule has 5 nitrogen and oxygen atoms in total. The Morgan fingerprint density at radius 1 is 1.12 bits per heavy atom. The maximum Gasteiger partial charge on any atom is 0.341 e. The van der Waals surface area contributed by atoms with Gasteiger partial charge in [0.2, 0.25) is 9.84 Å². The standard InChI is InChI=1S/C18H19F2NO4S/c1-11-4-9-16(25-3)15(10-11)12(2)21-17(22)13-5-7-14(8-6-13)26(23,24)18(19)20/h4-10,12,18H,1-3H3,(H,21,22). The van der Waals surface area contributed by atoms with Crippen molar-refractivity contribution in [3.63, 3.8) is 0 Å². The summed E-state index contributed by atoms with van der Waals surface area (Å²) in [7, 11) is -3.15. The summed E-state index contributed by atoms with van der Waals surface area (Å²) in [5, 5.41) is 2.78. The number of methoxy groups -OCH3 is 1. The molecule has 0 aliphatic rings. The van der Waals surface area contributed by atoms with Gasteiger partial charge in [-0.25, -0.2) is 8.42 Å². The minimum atomic E-state index is -4.68. The SMILES string of the molecule is COc1ccc(C)cc1C(C)NC(=O)c1ccc(S(=O)(=O)C(F)F)cc1. The lowest BCUT2D eigenvalue weighted by atomic mass is 10.0. The molecule has 0 spiro atoms. The number of benzene rings is 2. The molecule has 0 fully saturated rings. The Bertz CT molecular complexity index is 896. The second-order valence-corrected chi connectivity index (χ2v) is 7.69. The molecule has 0 saturated heterocycles. The van der Waals surface area contributed by atoms with Gasteiger partial charge < -0.3 is 10.1 Å². The summed E-state index contributed by atoms with van der Waals surface area (Å²) in [6.07, 6.45) is 0. The number of amides is 1. The minimum Gasteiger partial charge on any atom is -0.496 e. The van der Waals surface area contributed by atoms with Crippen LogP contribution in [0.25, 0.3) is 0 Å². The first-order valence-electron chi connectivity index (χ1n) is 7.74. The first kappa shape index (κ1) is 19.8. The van der Waals surface area contributed by atoms with E-state index >= 15 is 0 Å². The highest BCUT2D eigenvalue weighted by molar-refractivity contribution is 7.91. The summed E-state index contributed by atoms with van der Waals surface area (Å²) in [6, 6.07) is 9.60. The molecule has 1 unspecified atom stereocenters. The molecule has 2 rings (SSSR count). The zero-order valence-corrected chi connectivity index (χ0v) is 15.3. The fraction of sp³-hybridized carbons (Fsp3) is 0.278. The number of hydrogen-bond acceptors (Lipinski definition) is 4. The molecule has 0 radical (unpaired) electrons. The average Bonchev–Trinajstić information content (AvgIpc) is 2.61. The number of ether oxygens (including phenoxy) is 1. The van der Waals surface area contributed by atoms with Crippen molar-refractivity contribution in [1.29, 1.82) is 0 Å². The van der Waals surface area contributed by atoms with Gasteiger partial charge in [-0.1, -0.05) is 17.7 Å². The van der Waals surface area contributed by atoms with Crippen LogP contribution in [0.5, 0.6) is 5.75 Å². The van der Waals surface area contributed by atoms with Crippen LogP contribution in [-0.2, 0) is 9.84 Å². The van der Waals surface area contributed by atoms with E-state index in [2.05, 4.69) is 5.32 Å². The Labute approximate surface area is 150 Å². The van der Waals surface area contributed by atoms with Crippen LogP contribution in [0.1, 0.15) is 34.5 Å². The number of nitrogens with one attached hydrogen (secondary N) is 1. The molecule has 0 aliphatic carbocycles. The van der Waals surface area contributed by atoms with E-state index in [9.17, 15) is 22.0 Å². The zero-order valence-electron chi connectivity index (χ0n) is 14.5. The summed E-state index contributed by atoms with van der Waals surface area (Å²) in [5.41, 5.74) is 1.96. The molecule has 0 aromatic heterocycles. The second kappa shape index (κ2) is 7.82. The van der Waals surface area contributed by atoms with E-state index in [1.165, 1.54) is 19.2 Å². The molecule has 1 atom stereocenters. The lowest BCUT2D eigenvalue weighted by Gasteiger charge is -2.18. The van der Waals surface area contributed by atoms with Gasteiger partial charge in [-0.3, -0.25) is 4.79 Å². The van der Waals surface area contributed by atoms with E-state index < -0.39 is 26.4 Å². The summed E-state index contributed by atoms with van der Waals surface area (Å²) in [6.45, 7) is 3.70. The van der Waals surface area contributed by atoms with Crippen molar-refractivity contribution < 1.29 is 26.7 Å². The number of alkyl halides is 2. The van der Waals surface area contributed by atoms with Gasteiger partial charge in [0, 0.05) is 11.1 Å². The number of rotatable bonds is 6. The van der Waals surface area contributed by atoms with E-state index in [0.717, 1.165) is 23.3 Å². The number of sulfone groups is 1. The molecule has 0 heterocycles. The Balaban J connectivity index is 2.19. The van der Waals surface area contributed by atoms with E-state index in [1.807, 2.05) is 19.1 Å². The van der Waals surface area contributed by atoms with Crippen molar-refractivity contribution in [3.05, 3.63) is 59.2 Å². The number of carbonyl (C=O) groups is 1. The molecule has 1 N–H and O–H groups in total. The lowest BCUT2D eigenvalue weighted by Crippen LogP contribution is -2.27. The first-order valence-corrected chi connectivity index (χ1v) is 9.29. The molecular formula is C18H19F2NO4S.